The highest BCUT2D eigenvalue weighted by Gasteiger charge is 2.09. The van der Waals surface area contributed by atoms with Gasteiger partial charge in [-0.25, -0.2) is 4.68 Å². The van der Waals surface area contributed by atoms with Gasteiger partial charge >= 0.3 is 0 Å². The van der Waals surface area contributed by atoms with Crippen LogP contribution in [0.15, 0.2) is 18.2 Å². The summed E-state index contributed by atoms with van der Waals surface area (Å²) in [6.45, 7) is 4.58. The third kappa shape index (κ3) is 2.48. The second-order valence-electron chi connectivity index (χ2n) is 4.17. The third-order valence-corrected chi connectivity index (χ3v) is 2.63. The van der Waals surface area contributed by atoms with E-state index >= 15 is 0 Å². The van der Waals surface area contributed by atoms with Crippen LogP contribution in [0.2, 0.25) is 0 Å². The van der Waals surface area contributed by atoms with Gasteiger partial charge in [-0.05, 0) is 32.0 Å². The molecule has 18 heavy (non-hydrogen) atoms. The molecule has 1 atom stereocenters. The van der Waals surface area contributed by atoms with Gasteiger partial charge in [0.05, 0.1) is 11.6 Å². The molecule has 0 bridgehead atoms. The van der Waals surface area contributed by atoms with E-state index in [9.17, 15) is 4.79 Å². The molecule has 96 valence electrons. The van der Waals surface area contributed by atoms with Crippen LogP contribution in [0.25, 0.3) is 11.0 Å². The number of rotatable bonds is 4. The van der Waals surface area contributed by atoms with E-state index in [0.717, 1.165) is 12.1 Å². The van der Waals surface area contributed by atoms with E-state index in [0.29, 0.717) is 11.1 Å². The summed E-state index contributed by atoms with van der Waals surface area (Å²) in [5.74, 6) is -0.219. The molecule has 1 amide bonds. The van der Waals surface area contributed by atoms with Gasteiger partial charge in [0.1, 0.15) is 5.52 Å². The van der Waals surface area contributed by atoms with Crippen molar-refractivity contribution in [3.05, 3.63) is 23.8 Å². The van der Waals surface area contributed by atoms with E-state index in [1.165, 1.54) is 0 Å². The molecule has 0 aliphatic carbocycles. The number of benzene rings is 1. The van der Waals surface area contributed by atoms with Crippen molar-refractivity contribution in [2.45, 2.75) is 26.5 Å². The Balaban J connectivity index is 2.22. The number of aliphatic hydroxyl groups is 1. The smallest absolute Gasteiger partial charge is 0.251 e. The minimum atomic E-state index is -0.557. The predicted molar refractivity (Wildman–Crippen MR) is 67.2 cm³/mol. The molecule has 0 unspecified atom stereocenters. The number of carbonyl (C=O) groups is 1. The first-order chi connectivity index (χ1) is 8.61. The summed E-state index contributed by atoms with van der Waals surface area (Å²) in [4.78, 5) is 11.8. The lowest BCUT2D eigenvalue weighted by atomic mass is 10.2. The Morgan fingerprint density at radius 3 is 3.00 bits per heavy atom. The predicted octanol–water partition coefficient (Wildman–Crippen LogP) is 0.562. The van der Waals surface area contributed by atoms with Crippen LogP contribution < -0.4 is 5.32 Å². The number of hydrogen-bond acceptors (Lipinski definition) is 4. The van der Waals surface area contributed by atoms with E-state index in [1.807, 2.05) is 13.0 Å². The molecular weight excluding hydrogens is 232 g/mol. The fourth-order valence-electron chi connectivity index (χ4n) is 1.69. The summed E-state index contributed by atoms with van der Waals surface area (Å²) < 4.78 is 1.77. The zero-order valence-corrected chi connectivity index (χ0v) is 10.4. The molecule has 1 aromatic carbocycles. The molecule has 1 aromatic heterocycles. The number of aromatic nitrogens is 3. The minimum Gasteiger partial charge on any atom is -0.392 e. The van der Waals surface area contributed by atoms with Crippen LogP contribution in [-0.2, 0) is 6.54 Å². The summed E-state index contributed by atoms with van der Waals surface area (Å²) in [6, 6.07) is 5.26. The van der Waals surface area contributed by atoms with Crippen molar-refractivity contribution >= 4 is 16.9 Å². The van der Waals surface area contributed by atoms with E-state index < -0.39 is 6.10 Å². The molecule has 6 nitrogen and oxygen atoms in total. The van der Waals surface area contributed by atoms with Crippen molar-refractivity contribution < 1.29 is 9.90 Å². The van der Waals surface area contributed by atoms with Gasteiger partial charge < -0.3 is 10.4 Å². The number of fused-ring (bicyclic) bond motifs is 1. The highest BCUT2D eigenvalue weighted by molar-refractivity contribution is 5.97. The molecule has 2 aromatic rings. The van der Waals surface area contributed by atoms with E-state index in [4.69, 9.17) is 5.11 Å². The first kappa shape index (κ1) is 12.5. The van der Waals surface area contributed by atoms with E-state index in [2.05, 4.69) is 15.6 Å². The maximum Gasteiger partial charge on any atom is 0.251 e. The summed E-state index contributed by atoms with van der Waals surface area (Å²) >= 11 is 0. The summed E-state index contributed by atoms with van der Waals surface area (Å²) in [5, 5.41) is 19.7. The van der Waals surface area contributed by atoms with Crippen molar-refractivity contribution in [3.63, 3.8) is 0 Å². The molecule has 1 heterocycles. The molecular formula is C12H16N4O2. The fourth-order valence-corrected chi connectivity index (χ4v) is 1.69. The lowest BCUT2D eigenvalue weighted by molar-refractivity contribution is 0.0924. The van der Waals surface area contributed by atoms with Crippen LogP contribution in [0.1, 0.15) is 24.2 Å². The van der Waals surface area contributed by atoms with Crippen LogP contribution >= 0.6 is 0 Å². The fraction of sp³-hybridized carbons (Fsp3) is 0.417. The van der Waals surface area contributed by atoms with Gasteiger partial charge in [-0.3, -0.25) is 4.79 Å². The highest BCUT2D eigenvalue weighted by Crippen LogP contribution is 2.13. The van der Waals surface area contributed by atoms with Gasteiger partial charge in [-0.2, -0.15) is 0 Å². The number of nitrogens with zero attached hydrogens (tertiary/aromatic N) is 3. The normalized spacial score (nSPS) is 12.6. The first-order valence-corrected chi connectivity index (χ1v) is 5.91. The van der Waals surface area contributed by atoms with Crippen LogP contribution in [0.3, 0.4) is 0 Å². The molecule has 0 saturated heterocycles. The number of carbonyl (C=O) groups excluding carboxylic acids is 1. The largest absolute Gasteiger partial charge is 0.392 e. The van der Waals surface area contributed by atoms with Gasteiger partial charge in [-0.1, -0.05) is 5.21 Å². The molecule has 2 N–H and O–H groups in total. The summed E-state index contributed by atoms with van der Waals surface area (Å²) in [5.41, 5.74) is 2.12. The molecule has 0 fully saturated rings. The second kappa shape index (κ2) is 5.14. The average molecular weight is 248 g/mol. The van der Waals surface area contributed by atoms with E-state index in [1.54, 1.807) is 23.7 Å². The molecule has 2 rings (SSSR count). The molecule has 0 aliphatic heterocycles. The third-order valence-electron chi connectivity index (χ3n) is 2.63. The molecule has 0 radical (unpaired) electrons. The highest BCUT2D eigenvalue weighted by atomic mass is 16.3. The topological polar surface area (TPSA) is 80.0 Å². The number of hydrogen-bond donors (Lipinski definition) is 2. The SMILES string of the molecule is CCn1nnc2cc(C(=O)NC[C@H](C)O)ccc21. The first-order valence-electron chi connectivity index (χ1n) is 5.91. The zero-order chi connectivity index (χ0) is 13.1. The van der Waals surface area contributed by atoms with Crippen molar-refractivity contribution in [1.29, 1.82) is 0 Å². The molecule has 0 spiro atoms. The van der Waals surface area contributed by atoms with Crippen molar-refractivity contribution in [2.75, 3.05) is 6.54 Å². The number of aryl methyl sites for hydroxylation is 1. The van der Waals surface area contributed by atoms with Gasteiger partial charge in [-0.15, -0.1) is 5.10 Å². The lowest BCUT2D eigenvalue weighted by Gasteiger charge is -2.06. The van der Waals surface area contributed by atoms with Crippen LogP contribution in [-0.4, -0.2) is 38.7 Å². The molecule has 0 aliphatic rings. The van der Waals surface area contributed by atoms with Gasteiger partial charge in [0, 0.05) is 18.7 Å². The Morgan fingerprint density at radius 1 is 1.56 bits per heavy atom. The Bertz CT molecular complexity index is 562. The number of aliphatic hydroxyl groups excluding tert-OH is 1. The zero-order valence-electron chi connectivity index (χ0n) is 10.4. The number of nitrogens with one attached hydrogen (secondary N) is 1. The van der Waals surface area contributed by atoms with Crippen LogP contribution in [0, 0.1) is 0 Å². The van der Waals surface area contributed by atoms with Gasteiger partial charge in [0.25, 0.3) is 5.91 Å². The quantitative estimate of drug-likeness (QED) is 0.828. The molecule has 6 heteroatoms. The average Bonchev–Trinajstić information content (AvgIpc) is 2.77. The van der Waals surface area contributed by atoms with Crippen molar-refractivity contribution in [2.24, 2.45) is 0 Å². The Kier molecular flexibility index (Phi) is 3.57. The summed E-state index contributed by atoms with van der Waals surface area (Å²) in [7, 11) is 0. The Hall–Kier alpha value is -1.95. The second-order valence-corrected chi connectivity index (χ2v) is 4.17. The monoisotopic (exact) mass is 248 g/mol. The van der Waals surface area contributed by atoms with Crippen molar-refractivity contribution in [1.82, 2.24) is 20.3 Å². The summed E-state index contributed by atoms with van der Waals surface area (Å²) in [6.07, 6.45) is -0.557. The van der Waals surface area contributed by atoms with Crippen LogP contribution in [0.5, 0.6) is 0 Å². The van der Waals surface area contributed by atoms with Crippen LogP contribution in [0.4, 0.5) is 0 Å². The minimum absolute atomic E-state index is 0.219. The van der Waals surface area contributed by atoms with Crippen molar-refractivity contribution in [3.8, 4) is 0 Å². The maximum atomic E-state index is 11.8. The lowest BCUT2D eigenvalue weighted by Crippen LogP contribution is -2.30. The standard InChI is InChI=1S/C12H16N4O2/c1-3-16-11-5-4-9(6-10(11)14-15-16)12(18)13-7-8(2)17/h4-6,8,17H,3,7H2,1-2H3,(H,13,18)/t8-/m0/s1. The molecule has 0 saturated carbocycles. The Labute approximate surface area is 105 Å². The van der Waals surface area contributed by atoms with E-state index in [-0.39, 0.29) is 12.5 Å². The van der Waals surface area contributed by atoms with Gasteiger partial charge in [0.2, 0.25) is 0 Å². The maximum absolute atomic E-state index is 11.8. The van der Waals surface area contributed by atoms with Gasteiger partial charge in [0.15, 0.2) is 0 Å². The Morgan fingerprint density at radius 2 is 2.33 bits per heavy atom. The number of amides is 1.